The molecule has 1 atom stereocenters. The van der Waals surface area contributed by atoms with E-state index < -0.39 is 6.04 Å². The number of hydrogen-bond donors (Lipinski definition) is 2. The van der Waals surface area contributed by atoms with Gasteiger partial charge in [-0.15, -0.1) is 0 Å². The largest absolute Gasteiger partial charge is 0.352 e. The number of aryl methyl sites for hydroxylation is 1. The van der Waals surface area contributed by atoms with E-state index in [2.05, 4.69) is 33.2 Å². The number of halogens is 1. The molecule has 0 radical (unpaired) electrons. The van der Waals surface area contributed by atoms with Gasteiger partial charge in [0.15, 0.2) is 0 Å². The van der Waals surface area contributed by atoms with Gasteiger partial charge in [0, 0.05) is 9.61 Å². The topological polar surface area (TPSA) is 58.2 Å². The van der Waals surface area contributed by atoms with Gasteiger partial charge in [-0.1, -0.05) is 12.1 Å². The minimum Gasteiger partial charge on any atom is -0.352 e. The van der Waals surface area contributed by atoms with E-state index in [4.69, 9.17) is 0 Å². The van der Waals surface area contributed by atoms with E-state index in [9.17, 15) is 9.59 Å². The first-order valence-electron chi connectivity index (χ1n) is 6.19. The van der Waals surface area contributed by atoms with Crippen LogP contribution in [0.2, 0.25) is 0 Å². The van der Waals surface area contributed by atoms with Crippen LogP contribution in [0, 0.1) is 10.5 Å². The molecule has 2 N–H and O–H groups in total. The van der Waals surface area contributed by atoms with Gasteiger partial charge >= 0.3 is 0 Å². The molecule has 0 fully saturated rings. The summed E-state index contributed by atoms with van der Waals surface area (Å²) in [6.07, 6.45) is 0. The molecule has 5 heteroatoms. The molecular formula is C14H19IN2O2. The molecule has 0 aromatic heterocycles. The summed E-state index contributed by atoms with van der Waals surface area (Å²) in [5.41, 5.74) is 1.65. The highest BCUT2D eigenvalue weighted by atomic mass is 127. The Labute approximate surface area is 127 Å². The maximum Gasteiger partial charge on any atom is 0.253 e. The lowest BCUT2D eigenvalue weighted by Gasteiger charge is -2.16. The Morgan fingerprint density at radius 2 is 1.79 bits per heavy atom. The number of carbonyl (C=O) groups is 2. The van der Waals surface area contributed by atoms with Crippen molar-refractivity contribution in [2.75, 3.05) is 0 Å². The van der Waals surface area contributed by atoms with Gasteiger partial charge in [0.05, 0.1) is 5.56 Å². The van der Waals surface area contributed by atoms with Gasteiger partial charge in [-0.3, -0.25) is 9.59 Å². The van der Waals surface area contributed by atoms with E-state index in [0.29, 0.717) is 5.56 Å². The van der Waals surface area contributed by atoms with Crippen LogP contribution in [0.15, 0.2) is 18.2 Å². The number of nitrogens with one attached hydrogen (secondary N) is 2. The molecule has 0 spiro atoms. The van der Waals surface area contributed by atoms with Gasteiger partial charge in [-0.2, -0.15) is 0 Å². The lowest BCUT2D eigenvalue weighted by atomic mass is 10.1. The second-order valence-corrected chi connectivity index (χ2v) is 5.87. The summed E-state index contributed by atoms with van der Waals surface area (Å²) in [7, 11) is 0. The maximum atomic E-state index is 12.1. The molecule has 0 aliphatic carbocycles. The third-order valence-corrected chi connectivity index (χ3v) is 4.04. The Kier molecular flexibility index (Phi) is 5.78. The zero-order valence-electron chi connectivity index (χ0n) is 11.6. The van der Waals surface area contributed by atoms with Crippen LogP contribution >= 0.6 is 22.6 Å². The molecule has 0 heterocycles. The van der Waals surface area contributed by atoms with Crippen LogP contribution in [0.4, 0.5) is 0 Å². The predicted octanol–water partition coefficient (Wildman–Crippen LogP) is 2.24. The third kappa shape index (κ3) is 4.49. The van der Waals surface area contributed by atoms with E-state index in [1.807, 2.05) is 32.9 Å². The lowest BCUT2D eigenvalue weighted by Crippen LogP contribution is -2.46. The zero-order chi connectivity index (χ0) is 14.6. The van der Waals surface area contributed by atoms with Crippen molar-refractivity contribution in [3.05, 3.63) is 32.9 Å². The number of rotatable bonds is 4. The van der Waals surface area contributed by atoms with E-state index in [0.717, 1.165) is 9.13 Å². The highest BCUT2D eigenvalue weighted by molar-refractivity contribution is 14.1. The smallest absolute Gasteiger partial charge is 0.253 e. The molecule has 1 aromatic rings. The normalized spacial score (nSPS) is 12.1. The van der Waals surface area contributed by atoms with Gasteiger partial charge in [0.1, 0.15) is 6.04 Å². The van der Waals surface area contributed by atoms with Crippen molar-refractivity contribution < 1.29 is 9.59 Å². The van der Waals surface area contributed by atoms with E-state index in [-0.39, 0.29) is 17.9 Å². The van der Waals surface area contributed by atoms with Crippen LogP contribution in [-0.4, -0.2) is 23.9 Å². The molecular weight excluding hydrogens is 355 g/mol. The van der Waals surface area contributed by atoms with Crippen molar-refractivity contribution in [2.24, 2.45) is 0 Å². The molecule has 0 aliphatic rings. The second-order valence-electron chi connectivity index (χ2n) is 4.79. The van der Waals surface area contributed by atoms with Gasteiger partial charge in [0.2, 0.25) is 5.91 Å². The average Bonchev–Trinajstić information content (AvgIpc) is 2.31. The monoisotopic (exact) mass is 374 g/mol. The minimum atomic E-state index is -0.550. The predicted molar refractivity (Wildman–Crippen MR) is 84.1 cm³/mol. The first-order chi connectivity index (χ1) is 8.82. The summed E-state index contributed by atoms with van der Waals surface area (Å²) in [6.45, 7) is 7.40. The van der Waals surface area contributed by atoms with Crippen LogP contribution in [0.5, 0.6) is 0 Å². The standard InChI is InChI=1S/C14H19IN2O2/c1-8(2)16-13(18)10(4)17-14(19)11-7-5-6-9(3)12(11)15/h5-8,10H,1-4H3,(H,16,18)(H,17,19). The van der Waals surface area contributed by atoms with Crippen molar-refractivity contribution in [2.45, 2.75) is 39.8 Å². The van der Waals surface area contributed by atoms with Crippen molar-refractivity contribution >= 4 is 34.4 Å². The Morgan fingerprint density at radius 1 is 1.16 bits per heavy atom. The Bertz CT molecular complexity index is 486. The summed E-state index contributed by atoms with van der Waals surface area (Å²) in [6, 6.07) is 5.06. The molecule has 1 unspecified atom stereocenters. The second kappa shape index (κ2) is 6.88. The summed E-state index contributed by atoms with van der Waals surface area (Å²) < 4.78 is 0.911. The highest BCUT2D eigenvalue weighted by Crippen LogP contribution is 2.16. The number of carbonyl (C=O) groups excluding carboxylic acids is 2. The van der Waals surface area contributed by atoms with E-state index in [1.54, 1.807) is 13.0 Å². The summed E-state index contributed by atoms with van der Waals surface area (Å²) in [4.78, 5) is 23.9. The SMILES string of the molecule is Cc1cccc(C(=O)NC(C)C(=O)NC(C)C)c1I. The molecule has 4 nitrogen and oxygen atoms in total. The fraction of sp³-hybridized carbons (Fsp3) is 0.429. The van der Waals surface area contributed by atoms with Crippen molar-refractivity contribution in [1.29, 1.82) is 0 Å². The van der Waals surface area contributed by atoms with Crippen LogP contribution in [0.25, 0.3) is 0 Å². The summed E-state index contributed by atoms with van der Waals surface area (Å²) in [5.74, 6) is -0.398. The van der Waals surface area contributed by atoms with Crippen LogP contribution in [0.3, 0.4) is 0 Å². The fourth-order valence-electron chi connectivity index (χ4n) is 1.57. The number of amides is 2. The molecule has 1 aromatic carbocycles. The molecule has 104 valence electrons. The van der Waals surface area contributed by atoms with Crippen molar-refractivity contribution in [3.8, 4) is 0 Å². The molecule has 19 heavy (non-hydrogen) atoms. The molecule has 2 amide bonds. The van der Waals surface area contributed by atoms with Gasteiger partial charge in [0.25, 0.3) is 5.91 Å². The first-order valence-corrected chi connectivity index (χ1v) is 7.27. The summed E-state index contributed by atoms with van der Waals surface area (Å²) >= 11 is 2.14. The van der Waals surface area contributed by atoms with Crippen molar-refractivity contribution in [3.63, 3.8) is 0 Å². The number of hydrogen-bond acceptors (Lipinski definition) is 2. The fourth-order valence-corrected chi connectivity index (χ4v) is 2.18. The molecule has 0 saturated heterocycles. The minimum absolute atomic E-state index is 0.0611. The first kappa shape index (κ1) is 15.9. The van der Waals surface area contributed by atoms with Crippen LogP contribution in [0.1, 0.15) is 36.7 Å². The van der Waals surface area contributed by atoms with E-state index in [1.165, 1.54) is 0 Å². The molecule has 1 rings (SSSR count). The van der Waals surface area contributed by atoms with Crippen LogP contribution in [-0.2, 0) is 4.79 Å². The molecule has 0 bridgehead atoms. The maximum absolute atomic E-state index is 12.1. The molecule has 0 aliphatic heterocycles. The van der Waals surface area contributed by atoms with Crippen LogP contribution < -0.4 is 10.6 Å². The average molecular weight is 374 g/mol. The quantitative estimate of drug-likeness (QED) is 0.795. The zero-order valence-corrected chi connectivity index (χ0v) is 13.7. The van der Waals surface area contributed by atoms with Gasteiger partial charge < -0.3 is 10.6 Å². The Balaban J connectivity index is 2.74. The lowest BCUT2D eigenvalue weighted by molar-refractivity contribution is -0.123. The Hall–Kier alpha value is -1.11. The van der Waals surface area contributed by atoms with Crippen molar-refractivity contribution in [1.82, 2.24) is 10.6 Å². The highest BCUT2D eigenvalue weighted by Gasteiger charge is 2.18. The number of benzene rings is 1. The van der Waals surface area contributed by atoms with E-state index >= 15 is 0 Å². The molecule has 0 saturated carbocycles. The van der Waals surface area contributed by atoms with Gasteiger partial charge in [-0.05, 0) is 61.9 Å². The summed E-state index contributed by atoms with van der Waals surface area (Å²) in [5, 5.41) is 5.48. The third-order valence-electron chi connectivity index (χ3n) is 2.61. The van der Waals surface area contributed by atoms with Gasteiger partial charge in [-0.25, -0.2) is 0 Å². The Morgan fingerprint density at radius 3 is 2.37 bits per heavy atom.